The molecule has 0 fully saturated rings. The molecule has 0 aliphatic heterocycles. The topological polar surface area (TPSA) is 119 Å². The number of esters is 1. The molecule has 0 aliphatic carbocycles. The first-order valence-corrected chi connectivity index (χ1v) is 16.9. The Morgan fingerprint density at radius 1 is 0.625 bits per heavy atom. The Labute approximate surface area is 246 Å². The Kier molecular flexibility index (Phi) is 27.7. The second-order valence-electron chi connectivity index (χ2n) is 11.6. The molecule has 2 atom stereocenters. The largest absolute Gasteiger partial charge is 0.480 e. The number of carbonyl (C=O) groups is 3. The van der Waals surface area contributed by atoms with Gasteiger partial charge >= 0.3 is 11.9 Å². The zero-order chi connectivity index (χ0) is 29.7. The monoisotopic (exact) mass is 568 g/mol. The van der Waals surface area contributed by atoms with Gasteiger partial charge in [0, 0.05) is 12.8 Å². The second-order valence-corrected chi connectivity index (χ2v) is 11.6. The van der Waals surface area contributed by atoms with Gasteiger partial charge in [0.2, 0.25) is 5.91 Å². The van der Waals surface area contributed by atoms with Gasteiger partial charge in [0.1, 0.15) is 12.1 Å². The Bertz CT molecular complexity index is 614. The van der Waals surface area contributed by atoms with Crippen LogP contribution in [0.4, 0.5) is 0 Å². The standard InChI is InChI=1S/C33H64N2O5/c1-3-5-7-9-10-11-12-13-14-15-21-27-32(37)40-29(23-18-8-6-4-2)24-19-16-17-20-26-31(36)35-30(33(38)39)25-22-28-34/h29-30H,3-28,34H2,1-2H3,(H,35,36)(H,38,39). The lowest BCUT2D eigenvalue weighted by Crippen LogP contribution is -2.40. The number of hydrogen-bond acceptors (Lipinski definition) is 5. The molecule has 1 amide bonds. The molecule has 4 N–H and O–H groups in total. The summed E-state index contributed by atoms with van der Waals surface area (Å²) in [5.74, 6) is -1.27. The summed E-state index contributed by atoms with van der Waals surface area (Å²) in [6, 6.07) is -0.857. The number of amides is 1. The fraction of sp³-hybridized carbons (Fsp3) is 0.909. The first-order valence-electron chi connectivity index (χ1n) is 16.9. The molecular weight excluding hydrogens is 504 g/mol. The van der Waals surface area contributed by atoms with Gasteiger partial charge in [-0.2, -0.15) is 0 Å². The number of carboxylic acid groups (broad SMARTS) is 1. The van der Waals surface area contributed by atoms with Crippen molar-refractivity contribution in [3.05, 3.63) is 0 Å². The number of nitrogens with one attached hydrogen (secondary N) is 1. The van der Waals surface area contributed by atoms with Gasteiger partial charge in [0.25, 0.3) is 0 Å². The molecule has 0 bridgehead atoms. The van der Waals surface area contributed by atoms with Crippen molar-refractivity contribution in [3.63, 3.8) is 0 Å². The number of ether oxygens (including phenoxy) is 1. The van der Waals surface area contributed by atoms with Gasteiger partial charge in [-0.1, -0.05) is 110 Å². The summed E-state index contributed by atoms with van der Waals surface area (Å²) >= 11 is 0. The molecule has 0 saturated heterocycles. The zero-order valence-electron chi connectivity index (χ0n) is 26.2. The molecule has 236 valence electrons. The molecule has 0 rings (SSSR count). The molecule has 40 heavy (non-hydrogen) atoms. The van der Waals surface area contributed by atoms with E-state index in [1.807, 2.05) is 0 Å². The van der Waals surface area contributed by atoms with Gasteiger partial charge < -0.3 is 20.9 Å². The number of aliphatic carboxylic acids is 1. The van der Waals surface area contributed by atoms with Crippen molar-refractivity contribution in [1.82, 2.24) is 5.32 Å². The lowest BCUT2D eigenvalue weighted by atomic mass is 10.0. The van der Waals surface area contributed by atoms with Crippen LogP contribution >= 0.6 is 0 Å². The fourth-order valence-electron chi connectivity index (χ4n) is 5.10. The maximum Gasteiger partial charge on any atom is 0.326 e. The van der Waals surface area contributed by atoms with Crippen molar-refractivity contribution in [2.24, 2.45) is 5.73 Å². The molecule has 7 heteroatoms. The second kappa shape index (κ2) is 28.9. The third kappa shape index (κ3) is 25.3. The molecule has 0 aliphatic rings. The normalized spacial score (nSPS) is 12.7. The number of hydrogen-bond donors (Lipinski definition) is 3. The number of carboxylic acids is 1. The van der Waals surface area contributed by atoms with Crippen LogP contribution in [0.15, 0.2) is 0 Å². The minimum absolute atomic E-state index is 0.000710. The van der Waals surface area contributed by atoms with Crippen LogP contribution in [0.5, 0.6) is 0 Å². The predicted molar refractivity (Wildman–Crippen MR) is 165 cm³/mol. The van der Waals surface area contributed by atoms with Crippen LogP contribution in [-0.2, 0) is 19.1 Å². The van der Waals surface area contributed by atoms with E-state index in [1.165, 1.54) is 77.0 Å². The molecule has 2 unspecified atom stereocenters. The quantitative estimate of drug-likeness (QED) is 0.0593. The van der Waals surface area contributed by atoms with Crippen LogP contribution in [0.1, 0.15) is 174 Å². The summed E-state index contributed by atoms with van der Waals surface area (Å²) in [6.07, 6.45) is 25.9. The first kappa shape index (κ1) is 38.4. The number of unbranched alkanes of at least 4 members (excludes halogenated alkanes) is 16. The maximum absolute atomic E-state index is 12.5. The summed E-state index contributed by atoms with van der Waals surface area (Å²) in [4.78, 5) is 35.9. The lowest BCUT2D eigenvalue weighted by molar-refractivity contribution is -0.150. The number of carbonyl (C=O) groups excluding carboxylic acids is 2. The van der Waals surface area contributed by atoms with Crippen molar-refractivity contribution in [3.8, 4) is 0 Å². The molecule has 7 nitrogen and oxygen atoms in total. The van der Waals surface area contributed by atoms with E-state index in [4.69, 9.17) is 10.5 Å². The van der Waals surface area contributed by atoms with Gasteiger partial charge in [0.15, 0.2) is 0 Å². The van der Waals surface area contributed by atoms with Crippen LogP contribution in [0, 0.1) is 0 Å². The number of nitrogens with two attached hydrogens (primary N) is 1. The SMILES string of the molecule is CCCCCCCCCCCCCC(=O)OC(CCCCCC)CCCCCCC(=O)NC(CCCN)C(=O)O. The fourth-order valence-corrected chi connectivity index (χ4v) is 5.10. The van der Waals surface area contributed by atoms with E-state index < -0.39 is 12.0 Å². The van der Waals surface area contributed by atoms with Gasteiger partial charge in [-0.3, -0.25) is 9.59 Å². The highest BCUT2D eigenvalue weighted by molar-refractivity contribution is 5.83. The smallest absolute Gasteiger partial charge is 0.326 e. The third-order valence-corrected chi connectivity index (χ3v) is 7.67. The average Bonchev–Trinajstić information content (AvgIpc) is 2.93. The van der Waals surface area contributed by atoms with Crippen LogP contribution in [0.25, 0.3) is 0 Å². The Morgan fingerprint density at radius 2 is 1.07 bits per heavy atom. The first-order chi connectivity index (χ1) is 19.4. The molecule has 0 saturated carbocycles. The van der Waals surface area contributed by atoms with Crippen LogP contribution in [0.3, 0.4) is 0 Å². The predicted octanol–water partition coefficient (Wildman–Crippen LogP) is 8.22. The Hall–Kier alpha value is -1.63. The molecule has 0 radical (unpaired) electrons. The Balaban J connectivity index is 4.10. The van der Waals surface area contributed by atoms with E-state index in [9.17, 15) is 19.5 Å². The molecule has 0 aromatic rings. The van der Waals surface area contributed by atoms with Crippen molar-refractivity contribution < 1.29 is 24.2 Å². The highest BCUT2D eigenvalue weighted by Gasteiger charge is 2.19. The highest BCUT2D eigenvalue weighted by atomic mass is 16.5. The van der Waals surface area contributed by atoms with Gasteiger partial charge in [-0.15, -0.1) is 0 Å². The minimum Gasteiger partial charge on any atom is -0.480 e. The summed E-state index contributed by atoms with van der Waals surface area (Å²) in [6.45, 7) is 4.87. The zero-order valence-corrected chi connectivity index (χ0v) is 26.2. The van der Waals surface area contributed by atoms with Crippen molar-refractivity contribution in [2.75, 3.05) is 6.54 Å². The van der Waals surface area contributed by atoms with E-state index >= 15 is 0 Å². The molecular formula is C33H64N2O5. The number of rotatable bonds is 30. The van der Waals surface area contributed by atoms with E-state index in [0.29, 0.717) is 32.2 Å². The van der Waals surface area contributed by atoms with Gasteiger partial charge in [-0.25, -0.2) is 4.79 Å². The van der Waals surface area contributed by atoms with E-state index in [0.717, 1.165) is 57.8 Å². The summed E-state index contributed by atoms with van der Waals surface area (Å²) in [5.41, 5.74) is 5.45. The Morgan fingerprint density at radius 3 is 1.57 bits per heavy atom. The van der Waals surface area contributed by atoms with Gasteiger partial charge in [-0.05, 0) is 57.9 Å². The molecule has 0 aromatic carbocycles. The molecule has 0 heterocycles. The van der Waals surface area contributed by atoms with Crippen LogP contribution < -0.4 is 11.1 Å². The van der Waals surface area contributed by atoms with E-state index in [-0.39, 0.29) is 18.0 Å². The highest BCUT2D eigenvalue weighted by Crippen LogP contribution is 2.18. The van der Waals surface area contributed by atoms with E-state index in [2.05, 4.69) is 19.2 Å². The summed E-state index contributed by atoms with van der Waals surface area (Å²) < 4.78 is 5.90. The molecule has 0 aromatic heterocycles. The summed E-state index contributed by atoms with van der Waals surface area (Å²) in [5, 5.41) is 11.8. The molecule has 0 spiro atoms. The minimum atomic E-state index is -1.01. The maximum atomic E-state index is 12.5. The van der Waals surface area contributed by atoms with Crippen LogP contribution in [-0.4, -0.2) is 41.6 Å². The summed E-state index contributed by atoms with van der Waals surface area (Å²) in [7, 11) is 0. The van der Waals surface area contributed by atoms with Crippen molar-refractivity contribution in [2.45, 2.75) is 187 Å². The van der Waals surface area contributed by atoms with E-state index in [1.54, 1.807) is 0 Å². The van der Waals surface area contributed by atoms with Gasteiger partial charge in [0.05, 0.1) is 0 Å². The van der Waals surface area contributed by atoms with Crippen molar-refractivity contribution in [1.29, 1.82) is 0 Å². The lowest BCUT2D eigenvalue weighted by Gasteiger charge is -2.18. The van der Waals surface area contributed by atoms with Crippen molar-refractivity contribution >= 4 is 17.8 Å². The van der Waals surface area contributed by atoms with Crippen LogP contribution in [0.2, 0.25) is 0 Å². The average molecular weight is 569 g/mol. The third-order valence-electron chi connectivity index (χ3n) is 7.67.